The zero-order chi connectivity index (χ0) is 57.5. The van der Waals surface area contributed by atoms with Crippen LogP contribution in [0, 0.1) is 17.8 Å². The highest BCUT2D eigenvalue weighted by Crippen LogP contribution is 2.38. The van der Waals surface area contributed by atoms with Crippen molar-refractivity contribution in [3.05, 3.63) is 115 Å². The topological polar surface area (TPSA) is 360 Å². The molecule has 20 heteroatoms. The highest BCUT2D eigenvalue weighted by atomic mass is 16.7. The molecule has 4 rings (SSSR count). The second-order valence-electron chi connectivity index (χ2n) is 21.0. The molecule has 0 amide bonds. The number of aliphatic carboxylic acids is 1. The molecule has 0 spiro atoms. The van der Waals surface area contributed by atoms with E-state index in [0.717, 1.165) is 0 Å². The molecule has 0 saturated carbocycles. The average molecular weight is 1100 g/mol. The number of aliphatic hydroxyl groups is 9. The SMILES string of the molecule is CC1/C=C/C=C\C=C\C=C\C=C\C=C\C=C\C(O[C@@H]2O[C@H](C)[C@@H](O)[C@H](N)[C@@H]2O)CC2OC(O)(CC(O)CC(O)CCCC(O)CC(O)CC(=O)CC(=O)OC1C(C)CCC(O)CC(=O)c1ccc(N)cc1)CC(O)C2C(=O)O. The minimum Gasteiger partial charge on any atom is -0.481 e. The third-order valence-corrected chi connectivity index (χ3v) is 14.1. The molecule has 0 aliphatic carbocycles. The lowest BCUT2D eigenvalue weighted by molar-refractivity contribution is -0.308. The number of hydrogen-bond acceptors (Lipinski definition) is 19. The van der Waals surface area contributed by atoms with Crippen LogP contribution in [-0.4, -0.2) is 166 Å². The summed E-state index contributed by atoms with van der Waals surface area (Å²) >= 11 is 0. The highest BCUT2D eigenvalue weighted by molar-refractivity contribution is 5.96. The van der Waals surface area contributed by atoms with Crippen molar-refractivity contribution in [2.75, 3.05) is 5.73 Å². The molecule has 434 valence electrons. The Kier molecular flexibility index (Phi) is 27.6. The number of hydrogen-bond donors (Lipinski definition) is 12. The predicted molar refractivity (Wildman–Crippen MR) is 289 cm³/mol. The second-order valence-corrected chi connectivity index (χ2v) is 21.0. The van der Waals surface area contributed by atoms with Crippen molar-refractivity contribution in [2.24, 2.45) is 23.5 Å². The molecule has 3 aliphatic heterocycles. The van der Waals surface area contributed by atoms with Crippen LogP contribution in [0.4, 0.5) is 5.69 Å². The number of ether oxygens (including phenoxy) is 4. The summed E-state index contributed by atoms with van der Waals surface area (Å²) in [5.41, 5.74) is 12.7. The number of rotatable bonds is 10. The van der Waals surface area contributed by atoms with Crippen LogP contribution < -0.4 is 11.5 Å². The Morgan fingerprint density at radius 3 is 1.91 bits per heavy atom. The minimum atomic E-state index is -2.27. The number of ketones is 2. The van der Waals surface area contributed by atoms with Gasteiger partial charge in [0.2, 0.25) is 0 Å². The fraction of sp³-hybridized carbons (Fsp3) is 0.586. The first-order valence-electron chi connectivity index (χ1n) is 26.9. The fourth-order valence-corrected chi connectivity index (χ4v) is 9.84. The number of anilines is 1. The Labute approximate surface area is 456 Å². The van der Waals surface area contributed by atoms with Crippen LogP contribution in [0.3, 0.4) is 0 Å². The number of cyclic esters (lactones) is 1. The van der Waals surface area contributed by atoms with Crippen LogP contribution >= 0.6 is 0 Å². The lowest BCUT2D eigenvalue weighted by atomic mass is 9.82. The molecule has 3 aliphatic rings. The normalized spacial score (nSPS) is 37.8. The molecule has 2 fully saturated rings. The molecular weight excluding hydrogens is 1010 g/mol. The molecule has 13 unspecified atom stereocenters. The van der Waals surface area contributed by atoms with Gasteiger partial charge in [0, 0.05) is 49.3 Å². The smallest absolute Gasteiger partial charge is 0.313 e. The van der Waals surface area contributed by atoms with Crippen LogP contribution in [-0.2, 0) is 33.3 Å². The van der Waals surface area contributed by atoms with Gasteiger partial charge in [-0.25, -0.2) is 0 Å². The number of aliphatic hydroxyl groups excluding tert-OH is 8. The van der Waals surface area contributed by atoms with Crippen molar-refractivity contribution < 1.29 is 89.2 Å². The maximum atomic E-state index is 13.3. The third kappa shape index (κ3) is 22.6. The number of allylic oxidation sites excluding steroid dienone is 12. The van der Waals surface area contributed by atoms with E-state index in [9.17, 15) is 70.2 Å². The van der Waals surface area contributed by atoms with Gasteiger partial charge in [0.05, 0.1) is 67.1 Å². The van der Waals surface area contributed by atoms with E-state index in [-0.39, 0.29) is 69.0 Å². The van der Waals surface area contributed by atoms with Gasteiger partial charge in [-0.05, 0) is 82.1 Å². The van der Waals surface area contributed by atoms with Gasteiger partial charge >= 0.3 is 11.9 Å². The van der Waals surface area contributed by atoms with Gasteiger partial charge in [0.1, 0.15) is 30.3 Å². The highest BCUT2D eigenvalue weighted by Gasteiger charge is 2.51. The summed E-state index contributed by atoms with van der Waals surface area (Å²) < 4.78 is 23.7. The Hall–Kier alpha value is -5.04. The Morgan fingerprint density at radius 1 is 0.756 bits per heavy atom. The number of fused-ring (bicyclic) bond motifs is 2. The molecule has 20 nitrogen and oxygen atoms in total. The Balaban J connectivity index is 1.52. The first-order chi connectivity index (χ1) is 36.9. The number of nitrogen functional groups attached to an aromatic ring is 1. The largest absolute Gasteiger partial charge is 0.481 e. The number of carboxylic acid groups (broad SMARTS) is 1. The summed E-state index contributed by atoms with van der Waals surface area (Å²) in [4.78, 5) is 51.6. The summed E-state index contributed by atoms with van der Waals surface area (Å²) in [6, 6.07) is 5.26. The number of benzene rings is 1. The number of carbonyl (C=O) groups excluding carboxylic acids is 3. The summed E-state index contributed by atoms with van der Waals surface area (Å²) in [5.74, 6) is -7.63. The van der Waals surface area contributed by atoms with Crippen molar-refractivity contribution in [1.29, 1.82) is 0 Å². The average Bonchev–Trinajstić information content (AvgIpc) is 3.41. The number of Topliss-reactive ketones (excluding diaryl/α,β-unsaturated/α-hetero) is 2. The van der Waals surface area contributed by atoms with Gasteiger partial charge in [-0.15, -0.1) is 0 Å². The standard InChI is InChI=1S/C58H84N2O18/c1-35-17-14-12-10-8-6-4-5-7-9-11-13-15-20-46(76-57-54(71)52(60)53(70)37(3)75-57)32-49-51(56(72)73)48(68)34-58(74,78-49)33-45(66)28-41(62)19-16-18-40(61)27-43(64)29-44(65)31-50(69)77-55(35)36(2)21-26-42(63)30-47(67)38-22-24-39(59)25-23-38/h4-15,17,20,22-25,35-37,40-43,45-46,48-49,51-55,57,61-64,66,68,70-71,74H,16,18-19,21,26-34,59-60H2,1-3H3,(H,72,73)/b5-4+,8-6+,9-7+,12-10-,13-11+,17-14+,20-15+/t35?,36?,37-,40?,41?,42?,43?,45?,46?,48?,49?,51?,52+,53-,54+,55?,57+,58?/m1/s1. The van der Waals surface area contributed by atoms with E-state index in [2.05, 4.69) is 0 Å². The maximum Gasteiger partial charge on any atom is 0.313 e. The summed E-state index contributed by atoms with van der Waals surface area (Å²) in [5, 5.41) is 108. The van der Waals surface area contributed by atoms with Crippen LogP contribution in [0.1, 0.15) is 115 Å². The van der Waals surface area contributed by atoms with Gasteiger partial charge in [-0.2, -0.15) is 0 Å². The van der Waals surface area contributed by atoms with Gasteiger partial charge < -0.3 is 81.5 Å². The number of nitrogens with two attached hydrogens (primary N) is 2. The van der Waals surface area contributed by atoms with Crippen LogP contribution in [0.15, 0.2) is 109 Å². The van der Waals surface area contributed by atoms with Crippen LogP contribution in [0.2, 0.25) is 0 Å². The molecule has 78 heavy (non-hydrogen) atoms. The molecule has 14 N–H and O–H groups in total. The summed E-state index contributed by atoms with van der Waals surface area (Å²) in [6.07, 6.45) is 6.31. The molecule has 3 heterocycles. The summed E-state index contributed by atoms with van der Waals surface area (Å²) in [6.45, 7) is 5.23. The number of esters is 1. The zero-order valence-electron chi connectivity index (χ0n) is 44.8. The van der Waals surface area contributed by atoms with E-state index >= 15 is 0 Å². The van der Waals surface area contributed by atoms with E-state index in [1.165, 1.54) is 13.0 Å². The second kappa shape index (κ2) is 32.9. The van der Waals surface area contributed by atoms with Crippen LogP contribution in [0.5, 0.6) is 0 Å². The Bertz CT molecular complexity index is 2250. The fourth-order valence-electron chi connectivity index (χ4n) is 9.84. The first kappa shape index (κ1) is 65.5. The molecule has 2 bridgehead atoms. The molecule has 1 aromatic carbocycles. The van der Waals surface area contributed by atoms with Crippen molar-refractivity contribution in [2.45, 2.75) is 196 Å². The van der Waals surface area contributed by atoms with E-state index in [1.807, 2.05) is 19.9 Å². The molecule has 2 saturated heterocycles. The molecule has 0 aromatic heterocycles. The van der Waals surface area contributed by atoms with Crippen LogP contribution in [0.25, 0.3) is 0 Å². The zero-order valence-corrected chi connectivity index (χ0v) is 44.8. The maximum absolute atomic E-state index is 13.3. The Morgan fingerprint density at radius 2 is 1.32 bits per heavy atom. The molecule has 18 atom stereocenters. The first-order valence-corrected chi connectivity index (χ1v) is 26.9. The van der Waals surface area contributed by atoms with Crippen molar-refractivity contribution in [3.8, 4) is 0 Å². The molecule has 1 aromatic rings. The molecular formula is C58H84N2O18. The number of carboxylic acids is 1. The van der Waals surface area contributed by atoms with E-state index in [1.54, 1.807) is 97.2 Å². The van der Waals surface area contributed by atoms with Gasteiger partial charge in [-0.3, -0.25) is 19.2 Å². The van der Waals surface area contributed by atoms with E-state index in [0.29, 0.717) is 17.7 Å². The van der Waals surface area contributed by atoms with Gasteiger partial charge in [0.15, 0.2) is 17.9 Å². The summed E-state index contributed by atoms with van der Waals surface area (Å²) in [7, 11) is 0. The van der Waals surface area contributed by atoms with Gasteiger partial charge in [0.25, 0.3) is 0 Å². The predicted octanol–water partition coefficient (Wildman–Crippen LogP) is 3.32. The quantitative estimate of drug-likeness (QED) is 0.0692. The lowest BCUT2D eigenvalue weighted by Crippen LogP contribution is -2.61. The lowest BCUT2D eigenvalue weighted by Gasteiger charge is -2.45. The van der Waals surface area contributed by atoms with E-state index in [4.69, 9.17) is 30.4 Å². The minimum absolute atomic E-state index is 0.0720. The number of carbonyl (C=O) groups is 4. The molecule has 0 radical (unpaired) electrons. The van der Waals surface area contributed by atoms with Gasteiger partial charge in [-0.1, -0.05) is 98.9 Å². The monoisotopic (exact) mass is 1100 g/mol. The van der Waals surface area contributed by atoms with Crippen molar-refractivity contribution in [1.82, 2.24) is 0 Å². The van der Waals surface area contributed by atoms with Crippen molar-refractivity contribution >= 4 is 29.2 Å². The third-order valence-electron chi connectivity index (χ3n) is 14.1. The van der Waals surface area contributed by atoms with Crippen molar-refractivity contribution in [3.63, 3.8) is 0 Å². The van der Waals surface area contributed by atoms with E-state index < -0.39 is 141 Å².